The minimum atomic E-state index is -0.184. The highest BCUT2D eigenvalue weighted by molar-refractivity contribution is 5.90. The number of aromatic nitrogens is 2. The van der Waals surface area contributed by atoms with Crippen LogP contribution < -0.4 is 11.1 Å². The van der Waals surface area contributed by atoms with Gasteiger partial charge >= 0.3 is 6.01 Å². The number of carbonyl (C=O) groups excluding carboxylic acids is 1. The smallest absolute Gasteiger partial charge is 0.322 e. The Labute approximate surface area is 104 Å². The van der Waals surface area contributed by atoms with Gasteiger partial charge in [0.25, 0.3) is 0 Å². The Hall–Kier alpha value is -1.51. The predicted octanol–water partition coefficient (Wildman–Crippen LogP) is -1.02. The summed E-state index contributed by atoms with van der Waals surface area (Å²) in [6.45, 7) is 4.35. The number of nitrogens with two attached hydrogens (primary N) is 1. The van der Waals surface area contributed by atoms with E-state index < -0.39 is 0 Å². The fourth-order valence-corrected chi connectivity index (χ4v) is 1.78. The van der Waals surface area contributed by atoms with Gasteiger partial charge in [0.05, 0.1) is 19.3 Å². The highest BCUT2D eigenvalue weighted by Gasteiger charge is 2.21. The highest BCUT2D eigenvalue weighted by Crippen LogP contribution is 2.06. The van der Waals surface area contributed by atoms with Crippen molar-refractivity contribution in [2.45, 2.75) is 13.0 Å². The average Bonchev–Trinajstić information content (AvgIpc) is 2.74. The summed E-state index contributed by atoms with van der Waals surface area (Å²) in [6, 6.07) is 0.126. The first kappa shape index (κ1) is 12.9. The van der Waals surface area contributed by atoms with Crippen molar-refractivity contribution in [2.24, 2.45) is 5.73 Å². The molecule has 1 aromatic rings. The number of anilines is 1. The Morgan fingerprint density at radius 1 is 1.61 bits per heavy atom. The second-order valence-corrected chi connectivity index (χ2v) is 4.14. The van der Waals surface area contributed by atoms with Gasteiger partial charge in [-0.2, -0.15) is 0 Å². The number of nitrogens with one attached hydrogen (secondary N) is 1. The van der Waals surface area contributed by atoms with E-state index in [-0.39, 0.29) is 24.6 Å². The van der Waals surface area contributed by atoms with Gasteiger partial charge in [0, 0.05) is 26.6 Å². The van der Waals surface area contributed by atoms with Crippen LogP contribution >= 0.6 is 0 Å². The Bertz CT molecular complexity index is 408. The van der Waals surface area contributed by atoms with Gasteiger partial charge in [-0.15, -0.1) is 5.10 Å². The number of carbonyl (C=O) groups is 1. The quantitative estimate of drug-likeness (QED) is 0.708. The molecule has 1 saturated heterocycles. The van der Waals surface area contributed by atoms with Gasteiger partial charge in [-0.3, -0.25) is 15.0 Å². The van der Waals surface area contributed by atoms with Crippen molar-refractivity contribution in [1.29, 1.82) is 0 Å². The fourth-order valence-electron chi connectivity index (χ4n) is 1.78. The molecule has 1 unspecified atom stereocenters. The summed E-state index contributed by atoms with van der Waals surface area (Å²) in [5.74, 6) is 0.233. The Balaban J connectivity index is 1.80. The molecular weight excluding hydrogens is 238 g/mol. The number of rotatable bonds is 4. The third kappa shape index (κ3) is 3.49. The molecule has 0 radical (unpaired) electrons. The molecule has 0 saturated carbocycles. The molecular formula is C10H17N5O3. The second-order valence-electron chi connectivity index (χ2n) is 4.14. The first-order valence-electron chi connectivity index (χ1n) is 5.81. The van der Waals surface area contributed by atoms with E-state index in [1.807, 2.05) is 4.90 Å². The van der Waals surface area contributed by atoms with Crippen LogP contribution in [-0.4, -0.2) is 59.9 Å². The van der Waals surface area contributed by atoms with Gasteiger partial charge in [-0.05, 0) is 0 Å². The maximum Gasteiger partial charge on any atom is 0.322 e. The standard InChI is InChI=1S/C10H17N5O3/c1-7-13-14-10(18-7)12-9(16)6-15-2-3-17-8(4-11)5-15/h8H,2-6,11H2,1H3,(H,12,14,16). The monoisotopic (exact) mass is 255 g/mol. The van der Waals surface area contributed by atoms with E-state index in [0.29, 0.717) is 32.1 Å². The molecule has 8 heteroatoms. The van der Waals surface area contributed by atoms with Crippen LogP contribution in [0.25, 0.3) is 0 Å². The minimum absolute atomic E-state index is 0.00259. The summed E-state index contributed by atoms with van der Waals surface area (Å²) in [5, 5.41) is 9.88. The molecule has 0 spiro atoms. The zero-order chi connectivity index (χ0) is 13.0. The van der Waals surface area contributed by atoms with Gasteiger partial charge in [-0.25, -0.2) is 0 Å². The van der Waals surface area contributed by atoms with Crippen LogP contribution in [0.15, 0.2) is 4.42 Å². The number of hydrogen-bond donors (Lipinski definition) is 2. The molecule has 2 rings (SSSR count). The number of amides is 1. The van der Waals surface area contributed by atoms with Gasteiger partial charge in [0.15, 0.2) is 0 Å². The molecule has 1 amide bonds. The van der Waals surface area contributed by atoms with Crippen LogP contribution in [0.4, 0.5) is 6.01 Å². The number of nitrogens with zero attached hydrogens (tertiary/aromatic N) is 3. The van der Waals surface area contributed by atoms with Gasteiger partial charge in [-0.1, -0.05) is 5.10 Å². The summed E-state index contributed by atoms with van der Waals surface area (Å²) in [5.41, 5.74) is 5.54. The highest BCUT2D eigenvalue weighted by atomic mass is 16.5. The van der Waals surface area contributed by atoms with Crippen molar-refractivity contribution >= 4 is 11.9 Å². The third-order valence-electron chi connectivity index (χ3n) is 2.63. The van der Waals surface area contributed by atoms with Crippen molar-refractivity contribution in [3.05, 3.63) is 5.89 Å². The maximum atomic E-state index is 11.7. The number of aryl methyl sites for hydroxylation is 1. The first-order valence-corrected chi connectivity index (χ1v) is 5.81. The molecule has 0 bridgehead atoms. The summed E-state index contributed by atoms with van der Waals surface area (Å²) >= 11 is 0. The van der Waals surface area contributed by atoms with Crippen LogP contribution in [0, 0.1) is 6.92 Å². The summed E-state index contributed by atoms with van der Waals surface area (Å²) in [4.78, 5) is 13.7. The molecule has 8 nitrogen and oxygen atoms in total. The molecule has 1 aromatic heterocycles. The minimum Gasteiger partial charge on any atom is -0.408 e. The second kappa shape index (κ2) is 5.89. The number of ether oxygens (including phenoxy) is 1. The summed E-state index contributed by atoms with van der Waals surface area (Å²) in [7, 11) is 0. The van der Waals surface area contributed by atoms with E-state index in [4.69, 9.17) is 14.9 Å². The van der Waals surface area contributed by atoms with Crippen molar-refractivity contribution < 1.29 is 13.9 Å². The lowest BCUT2D eigenvalue weighted by Crippen LogP contribution is -2.48. The van der Waals surface area contributed by atoms with E-state index in [1.54, 1.807) is 6.92 Å². The fraction of sp³-hybridized carbons (Fsp3) is 0.700. The van der Waals surface area contributed by atoms with Crippen molar-refractivity contribution in [2.75, 3.05) is 38.1 Å². The number of morpholine rings is 1. The van der Waals surface area contributed by atoms with Crippen LogP contribution in [0.5, 0.6) is 0 Å². The molecule has 0 aliphatic carbocycles. The van der Waals surface area contributed by atoms with Gasteiger partial charge in [0.1, 0.15) is 0 Å². The molecule has 1 aliphatic rings. The van der Waals surface area contributed by atoms with E-state index >= 15 is 0 Å². The zero-order valence-corrected chi connectivity index (χ0v) is 10.3. The molecule has 18 heavy (non-hydrogen) atoms. The van der Waals surface area contributed by atoms with Gasteiger partial charge in [0.2, 0.25) is 11.8 Å². The van der Waals surface area contributed by atoms with Crippen molar-refractivity contribution in [3.63, 3.8) is 0 Å². The van der Waals surface area contributed by atoms with Crippen LogP contribution in [-0.2, 0) is 9.53 Å². The van der Waals surface area contributed by atoms with E-state index in [1.165, 1.54) is 0 Å². The summed E-state index contributed by atoms with van der Waals surface area (Å²) in [6.07, 6.45) is -0.00259. The van der Waals surface area contributed by atoms with Crippen molar-refractivity contribution in [3.8, 4) is 0 Å². The topological polar surface area (TPSA) is 107 Å². The van der Waals surface area contributed by atoms with E-state index in [0.717, 1.165) is 0 Å². The normalized spacial score (nSPS) is 20.9. The largest absolute Gasteiger partial charge is 0.408 e. The van der Waals surface area contributed by atoms with Crippen LogP contribution in [0.1, 0.15) is 5.89 Å². The van der Waals surface area contributed by atoms with E-state index in [9.17, 15) is 4.79 Å². The third-order valence-corrected chi connectivity index (χ3v) is 2.63. The average molecular weight is 255 g/mol. The lowest BCUT2D eigenvalue weighted by molar-refractivity contribution is -0.119. The Morgan fingerprint density at radius 3 is 3.11 bits per heavy atom. The van der Waals surface area contributed by atoms with Crippen molar-refractivity contribution in [1.82, 2.24) is 15.1 Å². The zero-order valence-electron chi connectivity index (χ0n) is 10.3. The molecule has 3 N–H and O–H groups in total. The lowest BCUT2D eigenvalue weighted by atomic mass is 10.2. The molecule has 1 fully saturated rings. The first-order chi connectivity index (χ1) is 8.67. The SMILES string of the molecule is Cc1nnc(NC(=O)CN2CCOC(CN)C2)o1. The maximum absolute atomic E-state index is 11.7. The Morgan fingerprint density at radius 2 is 2.44 bits per heavy atom. The molecule has 1 atom stereocenters. The Kier molecular flexibility index (Phi) is 4.24. The molecule has 1 aliphatic heterocycles. The molecule has 100 valence electrons. The molecule has 2 heterocycles. The van der Waals surface area contributed by atoms with Gasteiger partial charge < -0.3 is 14.9 Å². The van der Waals surface area contributed by atoms with Crippen LogP contribution in [0.2, 0.25) is 0 Å². The molecule has 0 aromatic carbocycles. The predicted molar refractivity (Wildman–Crippen MR) is 62.9 cm³/mol. The lowest BCUT2D eigenvalue weighted by Gasteiger charge is -2.31. The number of hydrogen-bond acceptors (Lipinski definition) is 7. The summed E-state index contributed by atoms with van der Waals surface area (Å²) < 4.78 is 10.5. The van der Waals surface area contributed by atoms with Crippen LogP contribution in [0.3, 0.4) is 0 Å². The van der Waals surface area contributed by atoms with E-state index in [2.05, 4.69) is 15.5 Å².